The Morgan fingerprint density at radius 3 is 2.66 bits per heavy atom. The van der Waals surface area contributed by atoms with Crippen molar-refractivity contribution < 1.29 is 15.0 Å². The number of nitrogens with zero attached hydrogens (tertiary/aromatic N) is 2. The van der Waals surface area contributed by atoms with Gasteiger partial charge in [-0.05, 0) is 73.2 Å². The van der Waals surface area contributed by atoms with Gasteiger partial charge < -0.3 is 20.4 Å². The first kappa shape index (κ1) is 21.8. The Labute approximate surface area is 188 Å². The first-order valence-corrected chi connectivity index (χ1v) is 11.0. The molecule has 2 aromatic carbocycles. The standard InChI is InChI=1S/C26H29N3O3/c1-17(30)18-6-8-21(9-7-18)29(2)22-10-11-23-19(14-22)4-3-5-20(23)15-28-25-16-27-13-12-24(25)26(31)32/h6-14,16-17,20,28,30H,3-5,15H2,1-2H3,(H,31,32)/t17-,20?/m0/s1. The van der Waals surface area contributed by atoms with E-state index in [1.165, 1.54) is 23.4 Å². The van der Waals surface area contributed by atoms with Crippen LogP contribution < -0.4 is 10.2 Å². The van der Waals surface area contributed by atoms with Crippen LogP contribution in [-0.2, 0) is 6.42 Å². The maximum atomic E-state index is 11.5. The van der Waals surface area contributed by atoms with Gasteiger partial charge in [-0.3, -0.25) is 4.98 Å². The first-order valence-electron chi connectivity index (χ1n) is 11.0. The number of rotatable bonds is 7. The largest absolute Gasteiger partial charge is 0.478 e. The minimum absolute atomic E-state index is 0.245. The maximum absolute atomic E-state index is 11.5. The van der Waals surface area contributed by atoms with Gasteiger partial charge in [-0.15, -0.1) is 0 Å². The lowest BCUT2D eigenvalue weighted by molar-refractivity contribution is 0.0697. The lowest BCUT2D eigenvalue weighted by atomic mass is 9.82. The molecule has 0 saturated heterocycles. The molecule has 0 saturated carbocycles. The fourth-order valence-corrected chi connectivity index (χ4v) is 4.40. The fraction of sp³-hybridized carbons (Fsp3) is 0.308. The lowest BCUT2D eigenvalue weighted by Crippen LogP contribution is -2.20. The number of aromatic carboxylic acids is 1. The molecular weight excluding hydrogens is 402 g/mol. The van der Waals surface area contributed by atoms with Crippen molar-refractivity contribution in [3.05, 3.63) is 83.2 Å². The molecule has 1 aromatic heterocycles. The predicted molar refractivity (Wildman–Crippen MR) is 127 cm³/mol. The third-order valence-electron chi connectivity index (χ3n) is 6.31. The van der Waals surface area contributed by atoms with E-state index in [1.807, 2.05) is 24.3 Å². The highest BCUT2D eigenvalue weighted by Gasteiger charge is 2.22. The van der Waals surface area contributed by atoms with Crippen molar-refractivity contribution in [2.24, 2.45) is 0 Å². The van der Waals surface area contributed by atoms with Crippen LogP contribution >= 0.6 is 0 Å². The molecule has 1 unspecified atom stereocenters. The number of pyridine rings is 1. The molecule has 0 amide bonds. The van der Waals surface area contributed by atoms with Crippen LogP contribution in [0.3, 0.4) is 0 Å². The third-order valence-corrected chi connectivity index (χ3v) is 6.31. The second-order valence-corrected chi connectivity index (χ2v) is 8.41. The molecule has 1 aliphatic rings. The lowest BCUT2D eigenvalue weighted by Gasteiger charge is -2.28. The molecule has 32 heavy (non-hydrogen) atoms. The van der Waals surface area contributed by atoms with Crippen molar-refractivity contribution in [2.75, 3.05) is 23.8 Å². The molecule has 0 radical (unpaired) electrons. The van der Waals surface area contributed by atoms with E-state index in [0.717, 1.165) is 36.2 Å². The number of hydrogen-bond donors (Lipinski definition) is 3. The number of aliphatic hydroxyl groups excluding tert-OH is 1. The molecule has 2 atom stereocenters. The summed E-state index contributed by atoms with van der Waals surface area (Å²) in [5.74, 6) is -0.626. The van der Waals surface area contributed by atoms with E-state index in [-0.39, 0.29) is 5.56 Å². The Morgan fingerprint density at radius 2 is 1.94 bits per heavy atom. The minimum Gasteiger partial charge on any atom is -0.478 e. The minimum atomic E-state index is -0.951. The second kappa shape index (κ2) is 9.40. The van der Waals surface area contributed by atoms with E-state index >= 15 is 0 Å². The number of carboxylic acid groups (broad SMARTS) is 1. The van der Waals surface area contributed by atoms with Crippen LogP contribution in [0, 0.1) is 0 Å². The van der Waals surface area contributed by atoms with Crippen LogP contribution in [0.25, 0.3) is 0 Å². The normalized spacial score (nSPS) is 16.2. The highest BCUT2D eigenvalue weighted by atomic mass is 16.4. The van der Waals surface area contributed by atoms with E-state index < -0.39 is 12.1 Å². The van der Waals surface area contributed by atoms with Crippen LogP contribution in [0.2, 0.25) is 0 Å². The van der Waals surface area contributed by atoms with Gasteiger partial charge in [0.1, 0.15) is 0 Å². The fourth-order valence-electron chi connectivity index (χ4n) is 4.40. The summed E-state index contributed by atoms with van der Waals surface area (Å²) in [5.41, 5.74) is 6.58. The van der Waals surface area contributed by atoms with Crippen LogP contribution in [0.4, 0.5) is 17.1 Å². The van der Waals surface area contributed by atoms with Gasteiger partial charge in [0.2, 0.25) is 0 Å². The summed E-state index contributed by atoms with van der Waals surface area (Å²) in [6.07, 6.45) is 5.82. The zero-order valence-electron chi connectivity index (χ0n) is 18.5. The van der Waals surface area contributed by atoms with Crippen LogP contribution in [-0.4, -0.2) is 34.8 Å². The van der Waals surface area contributed by atoms with Crippen LogP contribution in [0.5, 0.6) is 0 Å². The maximum Gasteiger partial charge on any atom is 0.337 e. The number of benzene rings is 2. The quantitative estimate of drug-likeness (QED) is 0.481. The molecule has 0 aliphatic heterocycles. The van der Waals surface area contributed by atoms with Gasteiger partial charge in [-0.1, -0.05) is 18.2 Å². The highest BCUT2D eigenvalue weighted by molar-refractivity contribution is 5.93. The van der Waals surface area contributed by atoms with Gasteiger partial charge in [-0.25, -0.2) is 4.79 Å². The van der Waals surface area contributed by atoms with Gasteiger partial charge in [0.25, 0.3) is 0 Å². The summed E-state index contributed by atoms with van der Waals surface area (Å²) >= 11 is 0. The number of anilines is 3. The Hall–Kier alpha value is -3.38. The summed E-state index contributed by atoms with van der Waals surface area (Å²) in [4.78, 5) is 17.7. The average Bonchev–Trinajstić information content (AvgIpc) is 2.82. The Balaban J connectivity index is 1.51. The van der Waals surface area contributed by atoms with E-state index in [0.29, 0.717) is 18.2 Å². The molecule has 0 spiro atoms. The Bertz CT molecular complexity index is 1100. The monoisotopic (exact) mass is 431 g/mol. The van der Waals surface area contributed by atoms with E-state index in [4.69, 9.17) is 0 Å². The average molecular weight is 432 g/mol. The molecule has 3 aromatic rings. The number of fused-ring (bicyclic) bond motifs is 1. The Kier molecular flexibility index (Phi) is 6.42. The molecule has 0 fully saturated rings. The highest BCUT2D eigenvalue weighted by Crippen LogP contribution is 2.35. The third kappa shape index (κ3) is 4.60. The topological polar surface area (TPSA) is 85.7 Å². The number of aromatic nitrogens is 1. The number of hydrogen-bond acceptors (Lipinski definition) is 5. The molecule has 1 heterocycles. The van der Waals surface area contributed by atoms with Crippen LogP contribution in [0.15, 0.2) is 60.9 Å². The zero-order chi connectivity index (χ0) is 22.7. The number of nitrogens with one attached hydrogen (secondary N) is 1. The molecule has 6 nitrogen and oxygen atoms in total. The smallest absolute Gasteiger partial charge is 0.337 e. The van der Waals surface area contributed by atoms with Crippen molar-refractivity contribution in [3.8, 4) is 0 Å². The molecular formula is C26H29N3O3. The Morgan fingerprint density at radius 1 is 1.19 bits per heavy atom. The summed E-state index contributed by atoms with van der Waals surface area (Å²) < 4.78 is 0. The van der Waals surface area contributed by atoms with Gasteiger partial charge in [0.15, 0.2) is 0 Å². The van der Waals surface area contributed by atoms with Crippen LogP contribution in [0.1, 0.15) is 58.8 Å². The summed E-state index contributed by atoms with van der Waals surface area (Å²) in [6.45, 7) is 2.44. The SMILES string of the molecule is C[C@H](O)c1ccc(N(C)c2ccc3c(c2)CCCC3CNc2cnccc2C(=O)O)cc1. The van der Waals surface area contributed by atoms with Crippen molar-refractivity contribution in [1.82, 2.24) is 4.98 Å². The molecule has 3 N–H and O–H groups in total. The van der Waals surface area contributed by atoms with E-state index in [1.54, 1.807) is 13.1 Å². The van der Waals surface area contributed by atoms with Crippen molar-refractivity contribution >= 4 is 23.0 Å². The molecule has 6 heteroatoms. The molecule has 1 aliphatic carbocycles. The summed E-state index contributed by atoms with van der Waals surface area (Å²) in [5, 5.41) is 22.4. The molecule has 166 valence electrons. The zero-order valence-corrected chi connectivity index (χ0v) is 18.5. The summed E-state index contributed by atoms with van der Waals surface area (Å²) in [7, 11) is 2.05. The van der Waals surface area contributed by atoms with Crippen molar-refractivity contribution in [1.29, 1.82) is 0 Å². The van der Waals surface area contributed by atoms with Gasteiger partial charge in [-0.2, -0.15) is 0 Å². The molecule has 0 bridgehead atoms. The number of aryl methyl sites for hydroxylation is 1. The van der Waals surface area contributed by atoms with Crippen molar-refractivity contribution in [2.45, 2.75) is 38.2 Å². The van der Waals surface area contributed by atoms with E-state index in [2.05, 4.69) is 40.4 Å². The van der Waals surface area contributed by atoms with Gasteiger partial charge in [0.05, 0.1) is 23.6 Å². The first-order chi connectivity index (χ1) is 15.4. The number of aliphatic hydroxyl groups is 1. The van der Waals surface area contributed by atoms with Crippen molar-refractivity contribution in [3.63, 3.8) is 0 Å². The van der Waals surface area contributed by atoms with Gasteiger partial charge in [0, 0.05) is 37.1 Å². The molecule has 4 rings (SSSR count). The number of carbonyl (C=O) groups is 1. The predicted octanol–water partition coefficient (Wildman–Crippen LogP) is 5.13. The van der Waals surface area contributed by atoms with Gasteiger partial charge >= 0.3 is 5.97 Å². The van der Waals surface area contributed by atoms with E-state index in [9.17, 15) is 15.0 Å². The summed E-state index contributed by atoms with van der Waals surface area (Å²) in [6, 6.07) is 16.1. The second-order valence-electron chi connectivity index (χ2n) is 8.41. The number of carboxylic acids is 1.